The van der Waals surface area contributed by atoms with Crippen molar-refractivity contribution in [3.05, 3.63) is 89.4 Å². The molecule has 0 spiro atoms. The summed E-state index contributed by atoms with van der Waals surface area (Å²) in [5.74, 6) is 0.488. The van der Waals surface area contributed by atoms with E-state index >= 15 is 0 Å². The molecule has 0 bridgehead atoms. The molecule has 1 heterocycles. The zero-order chi connectivity index (χ0) is 20.0. The summed E-state index contributed by atoms with van der Waals surface area (Å²) in [6.07, 6.45) is 1.35. The van der Waals surface area contributed by atoms with E-state index in [0.717, 1.165) is 5.56 Å². The number of amides is 1. The van der Waals surface area contributed by atoms with Crippen LogP contribution in [-0.2, 0) is 16.6 Å². The summed E-state index contributed by atoms with van der Waals surface area (Å²) in [6, 6.07) is 18.5. The van der Waals surface area contributed by atoms with Crippen molar-refractivity contribution in [3.63, 3.8) is 0 Å². The van der Waals surface area contributed by atoms with Crippen LogP contribution in [-0.4, -0.2) is 20.5 Å². The molecule has 144 valence electrons. The second-order valence-corrected chi connectivity index (χ2v) is 7.72. The van der Waals surface area contributed by atoms with Crippen LogP contribution >= 0.6 is 0 Å². The molecule has 8 heteroatoms. The van der Waals surface area contributed by atoms with Crippen LogP contribution in [0, 0.1) is 6.92 Å². The first kappa shape index (κ1) is 19.5. The molecular formula is C20H19N3O4S. The number of carbonyl (C=O) groups excluding carboxylic acids is 1. The molecule has 0 saturated carbocycles. The SMILES string of the molecule is Cc1ccccc1C(=O)N/N=C\c1ccc(CNS(=O)(=O)c2ccccc2)o1. The third-order valence-electron chi connectivity index (χ3n) is 3.92. The van der Waals surface area contributed by atoms with E-state index in [4.69, 9.17) is 4.42 Å². The molecule has 0 saturated heterocycles. The predicted molar refractivity (Wildman–Crippen MR) is 105 cm³/mol. The van der Waals surface area contributed by atoms with Gasteiger partial charge in [-0.15, -0.1) is 0 Å². The largest absolute Gasteiger partial charge is 0.459 e. The van der Waals surface area contributed by atoms with Gasteiger partial charge in [0.2, 0.25) is 10.0 Å². The Morgan fingerprint density at radius 1 is 1.04 bits per heavy atom. The van der Waals surface area contributed by atoms with Crippen molar-refractivity contribution in [2.45, 2.75) is 18.4 Å². The van der Waals surface area contributed by atoms with Gasteiger partial charge in [-0.3, -0.25) is 4.79 Å². The number of sulfonamides is 1. The van der Waals surface area contributed by atoms with Gasteiger partial charge < -0.3 is 4.42 Å². The average molecular weight is 397 g/mol. The Bertz CT molecular complexity index is 1090. The van der Waals surface area contributed by atoms with Crippen LogP contribution in [0.4, 0.5) is 0 Å². The number of benzene rings is 2. The zero-order valence-corrected chi connectivity index (χ0v) is 15.9. The van der Waals surface area contributed by atoms with E-state index < -0.39 is 10.0 Å². The number of carbonyl (C=O) groups is 1. The lowest BCUT2D eigenvalue weighted by Gasteiger charge is -2.04. The molecule has 0 radical (unpaired) electrons. The summed E-state index contributed by atoms with van der Waals surface area (Å²) in [5.41, 5.74) is 3.82. The standard InChI is InChI=1S/C20H19N3O4S/c1-15-7-5-6-10-19(15)20(24)23-21-13-16-11-12-17(27-16)14-22-28(25,26)18-8-3-2-4-9-18/h2-13,22H,14H2,1H3,(H,23,24)/b21-13-. The van der Waals surface area contributed by atoms with Crippen molar-refractivity contribution in [1.29, 1.82) is 0 Å². The molecule has 0 aliphatic carbocycles. The summed E-state index contributed by atoms with van der Waals surface area (Å²) in [7, 11) is -3.61. The second kappa shape index (κ2) is 8.64. The Labute approximate surface area is 163 Å². The van der Waals surface area contributed by atoms with Gasteiger partial charge in [-0.1, -0.05) is 36.4 Å². The van der Waals surface area contributed by atoms with Crippen molar-refractivity contribution in [2.24, 2.45) is 5.10 Å². The fraction of sp³-hybridized carbons (Fsp3) is 0.100. The topological polar surface area (TPSA) is 101 Å². The van der Waals surface area contributed by atoms with Crippen LogP contribution in [0.3, 0.4) is 0 Å². The van der Waals surface area contributed by atoms with E-state index in [1.807, 2.05) is 19.1 Å². The molecule has 0 fully saturated rings. The van der Waals surface area contributed by atoms with E-state index in [2.05, 4.69) is 15.2 Å². The third kappa shape index (κ3) is 4.93. The molecule has 0 atom stereocenters. The van der Waals surface area contributed by atoms with Gasteiger partial charge in [0.25, 0.3) is 5.91 Å². The number of rotatable bonds is 7. The van der Waals surface area contributed by atoms with Gasteiger partial charge in [0.15, 0.2) is 0 Å². The number of hydrogen-bond donors (Lipinski definition) is 2. The van der Waals surface area contributed by atoms with Gasteiger partial charge in [-0.05, 0) is 42.8 Å². The van der Waals surface area contributed by atoms with Crippen LogP contribution in [0.2, 0.25) is 0 Å². The van der Waals surface area contributed by atoms with Crippen LogP contribution in [0.15, 0.2) is 81.1 Å². The lowest BCUT2D eigenvalue weighted by Crippen LogP contribution is -2.22. The number of hydrazone groups is 1. The normalized spacial score (nSPS) is 11.6. The van der Waals surface area contributed by atoms with Gasteiger partial charge in [-0.25, -0.2) is 18.6 Å². The van der Waals surface area contributed by atoms with Crippen molar-refractivity contribution in [2.75, 3.05) is 0 Å². The molecule has 7 nitrogen and oxygen atoms in total. The van der Waals surface area contributed by atoms with Crippen molar-refractivity contribution < 1.29 is 17.6 Å². The molecule has 1 amide bonds. The first-order valence-corrected chi connectivity index (χ1v) is 9.96. The Hall–Kier alpha value is -3.23. The molecule has 1 aromatic heterocycles. The highest BCUT2D eigenvalue weighted by Gasteiger charge is 2.14. The zero-order valence-electron chi connectivity index (χ0n) is 15.1. The number of hydrogen-bond acceptors (Lipinski definition) is 5. The van der Waals surface area contributed by atoms with Gasteiger partial charge >= 0.3 is 0 Å². The highest BCUT2D eigenvalue weighted by atomic mass is 32.2. The average Bonchev–Trinajstić information content (AvgIpc) is 3.15. The van der Waals surface area contributed by atoms with Crippen LogP contribution in [0.25, 0.3) is 0 Å². The van der Waals surface area contributed by atoms with Gasteiger partial charge in [-0.2, -0.15) is 5.10 Å². The minimum absolute atomic E-state index is 0.000632. The summed E-state index contributed by atoms with van der Waals surface area (Å²) in [5, 5.41) is 3.87. The van der Waals surface area contributed by atoms with E-state index in [1.165, 1.54) is 18.3 Å². The molecule has 0 unspecified atom stereocenters. The first-order chi connectivity index (χ1) is 13.5. The quantitative estimate of drug-likeness (QED) is 0.473. The smallest absolute Gasteiger partial charge is 0.271 e. The number of nitrogens with one attached hydrogen (secondary N) is 2. The van der Waals surface area contributed by atoms with Crippen molar-refractivity contribution in [3.8, 4) is 0 Å². The Kier molecular flexibility index (Phi) is 6.03. The fourth-order valence-corrected chi connectivity index (χ4v) is 3.46. The monoisotopic (exact) mass is 397 g/mol. The van der Waals surface area contributed by atoms with E-state index in [-0.39, 0.29) is 17.3 Å². The number of furan rings is 1. The molecule has 2 N–H and O–H groups in total. The molecule has 0 aliphatic heterocycles. The predicted octanol–water partition coefficient (Wildman–Crippen LogP) is 2.83. The summed E-state index contributed by atoms with van der Waals surface area (Å²) in [6.45, 7) is 1.84. The third-order valence-corrected chi connectivity index (χ3v) is 5.34. The molecule has 3 rings (SSSR count). The number of aryl methyl sites for hydroxylation is 1. The van der Waals surface area contributed by atoms with Crippen LogP contribution < -0.4 is 10.1 Å². The van der Waals surface area contributed by atoms with E-state index in [1.54, 1.807) is 42.5 Å². The van der Waals surface area contributed by atoms with E-state index in [0.29, 0.717) is 17.1 Å². The highest BCUT2D eigenvalue weighted by molar-refractivity contribution is 7.89. The van der Waals surface area contributed by atoms with Crippen LogP contribution in [0.5, 0.6) is 0 Å². The van der Waals surface area contributed by atoms with Gasteiger partial charge in [0, 0.05) is 5.56 Å². The summed E-state index contributed by atoms with van der Waals surface area (Å²) in [4.78, 5) is 12.3. The van der Waals surface area contributed by atoms with E-state index in [9.17, 15) is 13.2 Å². The molecule has 2 aromatic carbocycles. The Morgan fingerprint density at radius 3 is 2.50 bits per heavy atom. The minimum atomic E-state index is -3.61. The molecule has 28 heavy (non-hydrogen) atoms. The highest BCUT2D eigenvalue weighted by Crippen LogP contribution is 2.11. The molecule has 0 aliphatic rings. The Morgan fingerprint density at radius 2 is 1.75 bits per heavy atom. The fourth-order valence-electron chi connectivity index (χ4n) is 2.45. The summed E-state index contributed by atoms with van der Waals surface area (Å²) < 4.78 is 32.4. The lowest BCUT2D eigenvalue weighted by molar-refractivity contribution is 0.0954. The Balaban J connectivity index is 1.56. The van der Waals surface area contributed by atoms with Crippen molar-refractivity contribution in [1.82, 2.24) is 10.1 Å². The second-order valence-electron chi connectivity index (χ2n) is 5.96. The maximum atomic E-state index is 12.2. The van der Waals surface area contributed by atoms with Gasteiger partial charge in [0.1, 0.15) is 11.5 Å². The maximum absolute atomic E-state index is 12.2. The first-order valence-electron chi connectivity index (χ1n) is 8.48. The molecule has 3 aromatic rings. The maximum Gasteiger partial charge on any atom is 0.271 e. The number of nitrogens with zero attached hydrogens (tertiary/aromatic N) is 1. The minimum Gasteiger partial charge on any atom is -0.459 e. The summed E-state index contributed by atoms with van der Waals surface area (Å²) >= 11 is 0. The van der Waals surface area contributed by atoms with Crippen LogP contribution in [0.1, 0.15) is 27.4 Å². The lowest BCUT2D eigenvalue weighted by atomic mass is 10.1. The molecular weight excluding hydrogens is 378 g/mol. The van der Waals surface area contributed by atoms with Gasteiger partial charge in [0.05, 0.1) is 17.7 Å². The van der Waals surface area contributed by atoms with Crippen molar-refractivity contribution >= 4 is 22.1 Å².